The highest BCUT2D eigenvalue weighted by atomic mass is 32.2. The van der Waals surface area contributed by atoms with Gasteiger partial charge in [-0.1, -0.05) is 36.8 Å². The minimum Gasteiger partial charge on any atom is -0.339 e. The van der Waals surface area contributed by atoms with Crippen molar-refractivity contribution in [3.05, 3.63) is 41.7 Å². The molecule has 4 heterocycles. The van der Waals surface area contributed by atoms with Gasteiger partial charge < -0.3 is 4.52 Å². The lowest BCUT2D eigenvalue weighted by Gasteiger charge is -2.18. The maximum Gasteiger partial charge on any atom is 0.244 e. The minimum atomic E-state index is -3.54. The molecule has 0 aromatic carbocycles. The van der Waals surface area contributed by atoms with E-state index in [2.05, 4.69) is 20.3 Å². The Bertz CT molecular complexity index is 1250. The molecule has 0 atom stereocenters. The first-order valence-electron chi connectivity index (χ1n) is 9.87. The van der Waals surface area contributed by atoms with E-state index >= 15 is 0 Å². The van der Waals surface area contributed by atoms with Gasteiger partial charge in [0.15, 0.2) is 10.8 Å². The van der Waals surface area contributed by atoms with Crippen molar-refractivity contribution in [2.45, 2.75) is 36.7 Å². The molecule has 0 radical (unpaired) electrons. The van der Waals surface area contributed by atoms with Crippen LogP contribution in [-0.2, 0) is 16.4 Å². The SMILES string of the molecule is CCN(CC)S(=O)(=O)c1ccc2nnc(SCCCc3nc(-c4cccs4)no3)n2c1. The van der Waals surface area contributed by atoms with Gasteiger partial charge in [0.25, 0.3) is 0 Å². The number of fused-ring (bicyclic) bond motifs is 1. The number of rotatable bonds is 10. The van der Waals surface area contributed by atoms with Crippen molar-refractivity contribution in [1.82, 2.24) is 29.0 Å². The standard InChI is InChI=1S/C19H22N6O3S3/c1-3-24(4-2)31(26,27)14-9-10-16-21-22-19(25(16)13-14)30-12-6-8-17-20-18(23-28-17)15-7-5-11-29-15/h5,7,9-11,13H,3-4,6,8,12H2,1-2H3. The number of thioether (sulfide) groups is 1. The molecule has 0 saturated heterocycles. The summed E-state index contributed by atoms with van der Waals surface area (Å²) in [4.78, 5) is 5.64. The molecule has 4 aromatic heterocycles. The Balaban J connectivity index is 1.41. The summed E-state index contributed by atoms with van der Waals surface area (Å²) >= 11 is 3.08. The smallest absolute Gasteiger partial charge is 0.244 e. The maximum atomic E-state index is 12.8. The lowest BCUT2D eigenvalue weighted by atomic mass is 10.3. The van der Waals surface area contributed by atoms with E-state index in [1.54, 1.807) is 34.1 Å². The molecular formula is C19H22N6O3S3. The fourth-order valence-corrected chi connectivity index (χ4v) is 6.02. The van der Waals surface area contributed by atoms with E-state index < -0.39 is 10.0 Å². The highest BCUT2D eigenvalue weighted by Crippen LogP contribution is 2.24. The summed E-state index contributed by atoms with van der Waals surface area (Å²) in [6, 6.07) is 7.17. The third-order valence-electron chi connectivity index (χ3n) is 4.66. The van der Waals surface area contributed by atoms with Crippen molar-refractivity contribution in [1.29, 1.82) is 0 Å². The monoisotopic (exact) mass is 478 g/mol. The summed E-state index contributed by atoms with van der Waals surface area (Å²) in [6.07, 6.45) is 3.06. The Morgan fingerprint density at radius 3 is 2.77 bits per heavy atom. The number of sulfonamides is 1. The average molecular weight is 479 g/mol. The molecule has 0 aliphatic rings. The van der Waals surface area contributed by atoms with E-state index in [4.69, 9.17) is 4.52 Å². The number of pyridine rings is 1. The summed E-state index contributed by atoms with van der Waals surface area (Å²) < 4.78 is 34.1. The van der Waals surface area contributed by atoms with E-state index in [1.807, 2.05) is 31.4 Å². The number of aromatic nitrogens is 5. The summed E-state index contributed by atoms with van der Waals surface area (Å²) in [6.45, 7) is 4.49. The van der Waals surface area contributed by atoms with Crippen LogP contribution in [0.4, 0.5) is 0 Å². The molecule has 4 aromatic rings. The zero-order chi connectivity index (χ0) is 21.8. The van der Waals surface area contributed by atoms with Crippen molar-refractivity contribution in [2.24, 2.45) is 0 Å². The second-order valence-electron chi connectivity index (χ2n) is 6.61. The quantitative estimate of drug-likeness (QED) is 0.251. The van der Waals surface area contributed by atoms with Crippen LogP contribution in [0.5, 0.6) is 0 Å². The Labute approximate surface area is 188 Å². The third-order valence-corrected chi connectivity index (χ3v) is 8.59. The average Bonchev–Trinajstić information content (AvgIpc) is 3.52. The van der Waals surface area contributed by atoms with Crippen molar-refractivity contribution in [3.8, 4) is 10.7 Å². The van der Waals surface area contributed by atoms with Gasteiger partial charge in [-0.15, -0.1) is 21.5 Å². The third kappa shape index (κ3) is 4.66. The first kappa shape index (κ1) is 21.9. The van der Waals surface area contributed by atoms with Gasteiger partial charge >= 0.3 is 0 Å². The van der Waals surface area contributed by atoms with Gasteiger partial charge in [-0.2, -0.15) is 9.29 Å². The maximum absolute atomic E-state index is 12.8. The molecule has 0 N–H and O–H groups in total. The van der Waals surface area contributed by atoms with Crippen LogP contribution in [0.25, 0.3) is 16.3 Å². The molecule has 0 spiro atoms. The van der Waals surface area contributed by atoms with Crippen LogP contribution in [0.1, 0.15) is 26.2 Å². The fourth-order valence-electron chi connectivity index (χ4n) is 3.06. The Morgan fingerprint density at radius 2 is 2.03 bits per heavy atom. The van der Waals surface area contributed by atoms with E-state index in [0.717, 1.165) is 17.1 Å². The van der Waals surface area contributed by atoms with Crippen LogP contribution < -0.4 is 0 Å². The highest BCUT2D eigenvalue weighted by Gasteiger charge is 2.22. The lowest BCUT2D eigenvalue weighted by molar-refractivity contribution is 0.378. The first-order valence-corrected chi connectivity index (χ1v) is 13.2. The zero-order valence-corrected chi connectivity index (χ0v) is 19.6. The van der Waals surface area contributed by atoms with Gasteiger partial charge in [-0.25, -0.2) is 8.42 Å². The Kier molecular flexibility index (Phi) is 6.70. The van der Waals surface area contributed by atoms with Crippen molar-refractivity contribution in [3.63, 3.8) is 0 Å². The molecule has 0 aliphatic heterocycles. The van der Waals surface area contributed by atoms with Crippen LogP contribution in [0.2, 0.25) is 0 Å². The Morgan fingerprint density at radius 1 is 1.19 bits per heavy atom. The molecule has 9 nitrogen and oxygen atoms in total. The summed E-state index contributed by atoms with van der Waals surface area (Å²) in [7, 11) is -3.54. The van der Waals surface area contributed by atoms with E-state index in [9.17, 15) is 8.42 Å². The number of hydrogen-bond donors (Lipinski definition) is 0. The largest absolute Gasteiger partial charge is 0.339 e. The summed E-state index contributed by atoms with van der Waals surface area (Å²) in [5, 5.41) is 15.0. The summed E-state index contributed by atoms with van der Waals surface area (Å²) in [5.74, 6) is 1.97. The van der Waals surface area contributed by atoms with E-state index in [0.29, 0.717) is 42.0 Å². The summed E-state index contributed by atoms with van der Waals surface area (Å²) in [5.41, 5.74) is 0.610. The van der Waals surface area contributed by atoms with Crippen LogP contribution in [-0.4, -0.2) is 56.3 Å². The van der Waals surface area contributed by atoms with Gasteiger partial charge in [0.05, 0.1) is 9.77 Å². The molecule has 0 unspecified atom stereocenters. The zero-order valence-electron chi connectivity index (χ0n) is 17.1. The van der Waals surface area contributed by atoms with E-state index in [1.165, 1.54) is 16.1 Å². The van der Waals surface area contributed by atoms with Crippen molar-refractivity contribution >= 4 is 38.8 Å². The Hall–Kier alpha value is -2.28. The number of hydrogen-bond acceptors (Lipinski definition) is 9. The predicted octanol–water partition coefficient (Wildman–Crippen LogP) is 3.60. The number of thiophene rings is 1. The van der Waals surface area contributed by atoms with Crippen LogP contribution in [0.15, 0.2) is 50.4 Å². The van der Waals surface area contributed by atoms with Crippen LogP contribution >= 0.6 is 23.1 Å². The molecular weight excluding hydrogens is 456 g/mol. The molecule has 0 bridgehead atoms. The van der Waals surface area contributed by atoms with Gasteiger partial charge in [0.2, 0.25) is 21.7 Å². The van der Waals surface area contributed by atoms with Crippen molar-refractivity contribution < 1.29 is 12.9 Å². The van der Waals surface area contributed by atoms with Gasteiger partial charge in [0, 0.05) is 31.5 Å². The number of nitrogens with zero attached hydrogens (tertiary/aromatic N) is 6. The normalized spacial score (nSPS) is 12.2. The van der Waals surface area contributed by atoms with Crippen molar-refractivity contribution in [2.75, 3.05) is 18.8 Å². The highest BCUT2D eigenvalue weighted by molar-refractivity contribution is 7.99. The molecule has 12 heteroatoms. The molecule has 0 aliphatic carbocycles. The van der Waals surface area contributed by atoms with Gasteiger partial charge in [0.1, 0.15) is 0 Å². The van der Waals surface area contributed by atoms with Crippen LogP contribution in [0, 0.1) is 0 Å². The van der Waals surface area contributed by atoms with Crippen LogP contribution in [0.3, 0.4) is 0 Å². The molecule has 0 saturated carbocycles. The second-order valence-corrected chi connectivity index (χ2v) is 10.6. The number of aryl methyl sites for hydroxylation is 1. The minimum absolute atomic E-state index is 0.234. The fraction of sp³-hybridized carbons (Fsp3) is 0.368. The topological polar surface area (TPSA) is 106 Å². The van der Waals surface area contributed by atoms with Gasteiger partial charge in [-0.05, 0) is 30.0 Å². The van der Waals surface area contributed by atoms with Gasteiger partial charge in [-0.3, -0.25) is 4.40 Å². The molecule has 0 amide bonds. The second kappa shape index (κ2) is 9.47. The lowest BCUT2D eigenvalue weighted by Crippen LogP contribution is -2.30. The first-order chi connectivity index (χ1) is 15.0. The molecule has 0 fully saturated rings. The molecule has 4 rings (SSSR count). The molecule has 164 valence electrons. The molecule has 31 heavy (non-hydrogen) atoms. The predicted molar refractivity (Wildman–Crippen MR) is 120 cm³/mol. The van der Waals surface area contributed by atoms with E-state index in [-0.39, 0.29) is 4.90 Å².